The molecule has 0 spiro atoms. The summed E-state index contributed by atoms with van der Waals surface area (Å²) in [5.41, 5.74) is 1.36. The Labute approximate surface area is 155 Å². The van der Waals surface area contributed by atoms with Crippen LogP contribution in [0.25, 0.3) is 11.4 Å². The second kappa shape index (κ2) is 8.11. The largest absolute Gasteiger partial charge is 0.467 e. The molecule has 1 aliphatic rings. The number of carbonyl (C=O) groups excluding carboxylic acids is 1. The van der Waals surface area contributed by atoms with Crippen LogP contribution in [0.5, 0.6) is 0 Å². The van der Waals surface area contributed by atoms with Crippen LogP contribution in [0.1, 0.15) is 21.9 Å². The number of rotatable bonds is 6. The number of carbonyl (C=O) groups is 1. The smallest absolute Gasteiger partial charge is 0.254 e. The maximum atomic E-state index is 12.3. The number of ether oxygens (including phenoxy) is 1. The quantitative estimate of drug-likeness (QED) is 0.673. The Bertz CT molecular complexity index is 885. The molecule has 1 saturated heterocycles. The van der Waals surface area contributed by atoms with Crippen LogP contribution >= 0.6 is 0 Å². The van der Waals surface area contributed by atoms with E-state index in [9.17, 15) is 4.79 Å². The van der Waals surface area contributed by atoms with Gasteiger partial charge in [-0.05, 0) is 18.2 Å². The highest BCUT2D eigenvalue weighted by Gasteiger charge is 2.15. The highest BCUT2D eigenvalue weighted by Crippen LogP contribution is 2.13. The molecule has 140 valence electrons. The van der Waals surface area contributed by atoms with Gasteiger partial charge in [0.25, 0.3) is 5.91 Å². The van der Waals surface area contributed by atoms with Crippen molar-refractivity contribution in [1.82, 2.24) is 30.4 Å². The van der Waals surface area contributed by atoms with Gasteiger partial charge in [-0.3, -0.25) is 19.8 Å². The Hall–Kier alpha value is -3.04. The van der Waals surface area contributed by atoms with E-state index in [1.54, 1.807) is 18.5 Å². The summed E-state index contributed by atoms with van der Waals surface area (Å²) in [7, 11) is 0. The van der Waals surface area contributed by atoms with E-state index in [-0.39, 0.29) is 12.5 Å². The van der Waals surface area contributed by atoms with Crippen LogP contribution in [-0.2, 0) is 17.8 Å². The van der Waals surface area contributed by atoms with E-state index in [1.165, 1.54) is 6.26 Å². The number of furan rings is 1. The third-order valence-corrected chi connectivity index (χ3v) is 4.29. The Morgan fingerprint density at radius 2 is 2.07 bits per heavy atom. The summed E-state index contributed by atoms with van der Waals surface area (Å²) in [5.74, 6) is 1.69. The first-order valence-corrected chi connectivity index (χ1v) is 8.75. The first-order valence-electron chi connectivity index (χ1n) is 8.75. The van der Waals surface area contributed by atoms with E-state index in [4.69, 9.17) is 9.15 Å². The second-order valence-electron chi connectivity index (χ2n) is 6.21. The topological polar surface area (TPSA) is 109 Å². The minimum atomic E-state index is -0.214. The number of nitrogens with one attached hydrogen (secondary N) is 2. The van der Waals surface area contributed by atoms with Crippen molar-refractivity contribution >= 4 is 5.91 Å². The summed E-state index contributed by atoms with van der Waals surface area (Å²) < 4.78 is 10.8. The number of aromatic amines is 1. The number of amides is 1. The van der Waals surface area contributed by atoms with E-state index >= 15 is 0 Å². The molecule has 0 radical (unpaired) electrons. The third-order valence-electron chi connectivity index (χ3n) is 4.29. The zero-order chi connectivity index (χ0) is 18.5. The summed E-state index contributed by atoms with van der Waals surface area (Å²) in [6.45, 7) is 4.12. The summed E-state index contributed by atoms with van der Waals surface area (Å²) >= 11 is 0. The van der Waals surface area contributed by atoms with Gasteiger partial charge in [0, 0.05) is 31.0 Å². The summed E-state index contributed by atoms with van der Waals surface area (Å²) in [6.07, 6.45) is 4.84. The second-order valence-corrected chi connectivity index (χ2v) is 6.21. The number of hydrogen-bond acceptors (Lipinski definition) is 7. The molecule has 1 fully saturated rings. The highest BCUT2D eigenvalue weighted by molar-refractivity contribution is 5.93. The van der Waals surface area contributed by atoms with E-state index in [2.05, 4.69) is 30.4 Å². The molecule has 0 aromatic carbocycles. The van der Waals surface area contributed by atoms with E-state index in [0.717, 1.165) is 37.6 Å². The van der Waals surface area contributed by atoms with Crippen molar-refractivity contribution in [3.8, 4) is 11.4 Å². The van der Waals surface area contributed by atoms with E-state index < -0.39 is 0 Å². The van der Waals surface area contributed by atoms with Gasteiger partial charge in [-0.15, -0.1) is 0 Å². The van der Waals surface area contributed by atoms with Gasteiger partial charge in [0.1, 0.15) is 17.8 Å². The van der Waals surface area contributed by atoms with Gasteiger partial charge in [-0.1, -0.05) is 0 Å². The lowest BCUT2D eigenvalue weighted by Gasteiger charge is -2.25. The van der Waals surface area contributed by atoms with Crippen LogP contribution < -0.4 is 5.32 Å². The molecule has 2 N–H and O–H groups in total. The maximum Gasteiger partial charge on any atom is 0.254 e. The van der Waals surface area contributed by atoms with Gasteiger partial charge >= 0.3 is 0 Å². The average molecular weight is 368 g/mol. The minimum Gasteiger partial charge on any atom is -0.467 e. The number of morpholine rings is 1. The Balaban J connectivity index is 1.31. The van der Waals surface area contributed by atoms with Crippen molar-refractivity contribution in [2.75, 3.05) is 26.3 Å². The van der Waals surface area contributed by atoms with Crippen LogP contribution in [0.3, 0.4) is 0 Å². The number of H-pyrrole nitrogens is 1. The molecule has 9 nitrogen and oxygen atoms in total. The fraction of sp³-hybridized carbons (Fsp3) is 0.333. The molecule has 9 heteroatoms. The van der Waals surface area contributed by atoms with Crippen LogP contribution in [0.15, 0.2) is 41.3 Å². The molecule has 3 aromatic heterocycles. The van der Waals surface area contributed by atoms with E-state index in [1.807, 2.05) is 12.1 Å². The predicted octanol–water partition coefficient (Wildman–Crippen LogP) is 1.22. The van der Waals surface area contributed by atoms with Crippen molar-refractivity contribution in [3.63, 3.8) is 0 Å². The lowest BCUT2D eigenvalue weighted by atomic mass is 10.2. The molecular weight excluding hydrogens is 348 g/mol. The molecule has 4 rings (SSSR count). The van der Waals surface area contributed by atoms with Gasteiger partial charge in [0.15, 0.2) is 5.82 Å². The number of pyridine rings is 1. The van der Waals surface area contributed by atoms with Crippen LogP contribution in [0.4, 0.5) is 0 Å². The lowest BCUT2D eigenvalue weighted by molar-refractivity contribution is 0.0313. The Morgan fingerprint density at radius 1 is 1.26 bits per heavy atom. The van der Waals surface area contributed by atoms with Gasteiger partial charge in [-0.2, -0.15) is 5.10 Å². The predicted molar refractivity (Wildman–Crippen MR) is 95.6 cm³/mol. The molecule has 27 heavy (non-hydrogen) atoms. The van der Waals surface area contributed by atoms with Crippen molar-refractivity contribution in [2.45, 2.75) is 13.1 Å². The molecule has 1 amide bonds. The lowest BCUT2D eigenvalue weighted by Crippen LogP contribution is -2.35. The van der Waals surface area contributed by atoms with Gasteiger partial charge in [0.05, 0.1) is 31.9 Å². The fourth-order valence-corrected chi connectivity index (χ4v) is 2.83. The molecule has 0 atom stereocenters. The number of hydrogen-bond donors (Lipinski definition) is 2. The standard InChI is InChI=1S/C18H20N6O3/c25-18(14-9-15(27-12-14)11-24-5-7-26-8-6-24)20-10-16-21-17(23-22-16)13-1-3-19-4-2-13/h1-4,9,12H,5-8,10-11H2,(H,20,25)(H,21,22,23). The first-order chi connectivity index (χ1) is 13.3. The summed E-state index contributed by atoms with van der Waals surface area (Å²) in [6, 6.07) is 5.42. The van der Waals surface area contributed by atoms with Crippen molar-refractivity contribution in [3.05, 3.63) is 54.0 Å². The third kappa shape index (κ3) is 4.39. The number of aromatic nitrogens is 4. The minimum absolute atomic E-state index is 0.214. The summed E-state index contributed by atoms with van der Waals surface area (Å²) in [4.78, 5) is 22.9. The molecule has 4 heterocycles. The fourth-order valence-electron chi connectivity index (χ4n) is 2.83. The zero-order valence-electron chi connectivity index (χ0n) is 14.7. The molecule has 1 aliphatic heterocycles. The highest BCUT2D eigenvalue weighted by atomic mass is 16.5. The molecule has 3 aromatic rings. The van der Waals surface area contributed by atoms with Crippen LogP contribution in [0.2, 0.25) is 0 Å². The SMILES string of the molecule is O=C(NCc1nc(-c2ccncc2)n[nH]1)c1coc(CN2CCOCC2)c1. The average Bonchev–Trinajstić information content (AvgIpc) is 3.37. The van der Waals surface area contributed by atoms with Crippen LogP contribution in [-0.4, -0.2) is 57.3 Å². The zero-order valence-corrected chi connectivity index (χ0v) is 14.7. The van der Waals surface area contributed by atoms with Gasteiger partial charge in [0.2, 0.25) is 0 Å². The van der Waals surface area contributed by atoms with Gasteiger partial charge < -0.3 is 14.5 Å². The Morgan fingerprint density at radius 3 is 2.89 bits per heavy atom. The molecule has 0 saturated carbocycles. The van der Waals surface area contributed by atoms with Crippen molar-refractivity contribution in [2.24, 2.45) is 0 Å². The number of nitrogens with zero attached hydrogens (tertiary/aromatic N) is 4. The monoisotopic (exact) mass is 368 g/mol. The van der Waals surface area contributed by atoms with E-state index in [0.29, 0.717) is 23.8 Å². The molecular formula is C18H20N6O3. The maximum absolute atomic E-state index is 12.3. The first kappa shape index (κ1) is 17.4. The molecule has 0 bridgehead atoms. The molecule has 0 unspecified atom stereocenters. The Kier molecular flexibility index (Phi) is 5.22. The van der Waals surface area contributed by atoms with Crippen molar-refractivity contribution in [1.29, 1.82) is 0 Å². The van der Waals surface area contributed by atoms with Gasteiger partial charge in [-0.25, -0.2) is 4.98 Å². The van der Waals surface area contributed by atoms with Crippen LogP contribution in [0, 0.1) is 0 Å². The normalized spacial score (nSPS) is 15.0. The molecule has 0 aliphatic carbocycles. The van der Waals surface area contributed by atoms with Crippen molar-refractivity contribution < 1.29 is 13.9 Å². The summed E-state index contributed by atoms with van der Waals surface area (Å²) in [5, 5.41) is 9.81.